The van der Waals surface area contributed by atoms with Crippen LogP contribution in [0.4, 0.5) is 0 Å². The Morgan fingerprint density at radius 3 is 2.71 bits per heavy atom. The van der Waals surface area contributed by atoms with Crippen molar-refractivity contribution in [3.05, 3.63) is 46.8 Å². The van der Waals surface area contributed by atoms with E-state index in [1.165, 1.54) is 11.1 Å². The Morgan fingerprint density at radius 2 is 2.00 bits per heavy atom. The Hall–Kier alpha value is -2.34. The van der Waals surface area contributed by atoms with Gasteiger partial charge in [-0.1, -0.05) is 24.2 Å². The molecule has 6 heteroatoms. The Kier molecular flexibility index (Phi) is 4.88. The highest BCUT2D eigenvalue weighted by atomic mass is 16.5. The van der Waals surface area contributed by atoms with Gasteiger partial charge in [-0.25, -0.2) is 0 Å². The second-order valence-electron chi connectivity index (χ2n) is 10.1. The number of nitrogens with zero attached hydrogens (tertiary/aromatic N) is 2. The van der Waals surface area contributed by atoms with Crippen LogP contribution in [0.15, 0.2) is 28.8 Å². The first-order chi connectivity index (χ1) is 14.8. The molecular formula is C25H32N2O4. The maximum atomic E-state index is 12.8. The largest absolute Gasteiger partial charge is 0.487 e. The number of fused-ring (bicyclic) bond motifs is 3. The molecule has 0 aliphatic carbocycles. The van der Waals surface area contributed by atoms with Crippen LogP contribution < -0.4 is 4.74 Å². The molecule has 166 valence electrons. The SMILES string of the molecule is CCc1cc(C(=O)N2CCC3(CC2)CO[C@@H]2c4ccc(C)cc4OC(C)(C)[C@H]2C3)on1. The number of aromatic nitrogens is 1. The monoisotopic (exact) mass is 424 g/mol. The summed E-state index contributed by atoms with van der Waals surface area (Å²) >= 11 is 0. The van der Waals surface area contributed by atoms with Crippen molar-refractivity contribution in [2.45, 2.75) is 65.1 Å². The minimum Gasteiger partial charge on any atom is -0.487 e. The van der Waals surface area contributed by atoms with Crippen molar-refractivity contribution in [3.63, 3.8) is 0 Å². The number of hydrogen-bond donors (Lipinski definition) is 0. The zero-order valence-corrected chi connectivity index (χ0v) is 18.9. The summed E-state index contributed by atoms with van der Waals surface area (Å²) in [6.07, 6.45) is 3.77. The summed E-state index contributed by atoms with van der Waals surface area (Å²) in [5.41, 5.74) is 3.00. The average Bonchev–Trinajstić information content (AvgIpc) is 3.23. The molecule has 1 spiro atoms. The average molecular weight is 425 g/mol. The Morgan fingerprint density at radius 1 is 1.23 bits per heavy atom. The van der Waals surface area contributed by atoms with Crippen molar-refractivity contribution in [2.75, 3.05) is 19.7 Å². The molecule has 2 atom stereocenters. The van der Waals surface area contributed by atoms with Crippen LogP contribution in [0.3, 0.4) is 0 Å². The fourth-order valence-corrected chi connectivity index (χ4v) is 5.52. The van der Waals surface area contributed by atoms with Crippen LogP contribution in [0.5, 0.6) is 5.75 Å². The number of carbonyl (C=O) groups excluding carboxylic acids is 1. The number of ether oxygens (including phenoxy) is 2. The van der Waals surface area contributed by atoms with E-state index in [9.17, 15) is 4.79 Å². The van der Waals surface area contributed by atoms with E-state index < -0.39 is 0 Å². The van der Waals surface area contributed by atoms with E-state index in [0.29, 0.717) is 11.7 Å². The van der Waals surface area contributed by atoms with Gasteiger partial charge in [-0.2, -0.15) is 0 Å². The molecular weight excluding hydrogens is 392 g/mol. The molecule has 1 aromatic carbocycles. The van der Waals surface area contributed by atoms with Crippen LogP contribution >= 0.6 is 0 Å². The van der Waals surface area contributed by atoms with Crippen LogP contribution in [0.2, 0.25) is 0 Å². The normalized spacial score (nSPS) is 26.1. The topological polar surface area (TPSA) is 64.8 Å². The molecule has 1 amide bonds. The standard InChI is InChI=1S/C25H32N2O4/c1-5-17-13-21(31-26-17)23(28)27-10-8-25(9-11-27)14-19-22(29-15-25)18-7-6-16(2)12-20(18)30-24(19,3)4/h6-7,12-13,19,22H,5,8-11,14-15H2,1-4H3/t19-,22+/m0/s1. The summed E-state index contributed by atoms with van der Waals surface area (Å²) in [7, 11) is 0. The van der Waals surface area contributed by atoms with Crippen molar-refractivity contribution in [3.8, 4) is 5.75 Å². The third kappa shape index (κ3) is 3.55. The molecule has 1 aromatic heterocycles. The minimum absolute atomic E-state index is 0.0534. The summed E-state index contributed by atoms with van der Waals surface area (Å²) in [4.78, 5) is 14.7. The predicted molar refractivity (Wildman–Crippen MR) is 116 cm³/mol. The molecule has 0 N–H and O–H groups in total. The lowest BCUT2D eigenvalue weighted by molar-refractivity contribution is -0.173. The van der Waals surface area contributed by atoms with Gasteiger partial charge in [-0.05, 0) is 63.5 Å². The Balaban J connectivity index is 1.30. The highest BCUT2D eigenvalue weighted by molar-refractivity contribution is 5.91. The molecule has 4 heterocycles. The Labute approximate surface area is 183 Å². The van der Waals surface area contributed by atoms with E-state index in [1.807, 2.05) is 11.8 Å². The number of piperidine rings is 1. The van der Waals surface area contributed by atoms with Gasteiger partial charge in [0.05, 0.1) is 18.4 Å². The van der Waals surface area contributed by atoms with E-state index in [0.717, 1.165) is 56.8 Å². The number of amides is 1. The molecule has 0 unspecified atom stereocenters. The summed E-state index contributed by atoms with van der Waals surface area (Å²) in [5, 5.41) is 3.96. The summed E-state index contributed by atoms with van der Waals surface area (Å²) in [6, 6.07) is 8.20. The van der Waals surface area contributed by atoms with Gasteiger partial charge < -0.3 is 18.9 Å². The molecule has 0 radical (unpaired) electrons. The summed E-state index contributed by atoms with van der Waals surface area (Å²) < 4.78 is 18.3. The number of hydrogen-bond acceptors (Lipinski definition) is 5. The van der Waals surface area contributed by atoms with E-state index in [2.05, 4.69) is 44.1 Å². The van der Waals surface area contributed by atoms with Crippen LogP contribution in [0, 0.1) is 18.3 Å². The molecule has 2 fully saturated rings. The zero-order valence-electron chi connectivity index (χ0n) is 18.9. The van der Waals surface area contributed by atoms with Gasteiger partial charge in [-0.15, -0.1) is 0 Å². The molecule has 2 aromatic rings. The minimum atomic E-state index is -0.289. The number of carbonyl (C=O) groups is 1. The predicted octanol–water partition coefficient (Wildman–Crippen LogP) is 4.72. The molecule has 5 rings (SSSR count). The smallest absolute Gasteiger partial charge is 0.292 e. The van der Waals surface area contributed by atoms with E-state index >= 15 is 0 Å². The molecule has 3 aliphatic rings. The molecule has 2 saturated heterocycles. The van der Waals surface area contributed by atoms with Crippen molar-refractivity contribution < 1.29 is 18.8 Å². The van der Waals surface area contributed by atoms with Crippen LogP contribution in [-0.2, 0) is 11.2 Å². The van der Waals surface area contributed by atoms with Gasteiger partial charge in [0.2, 0.25) is 5.76 Å². The Bertz CT molecular complexity index is 987. The van der Waals surface area contributed by atoms with E-state index in [4.69, 9.17) is 14.0 Å². The van der Waals surface area contributed by atoms with Gasteiger partial charge in [0, 0.05) is 30.6 Å². The van der Waals surface area contributed by atoms with Crippen molar-refractivity contribution >= 4 is 5.91 Å². The van der Waals surface area contributed by atoms with Gasteiger partial charge in [0.15, 0.2) is 0 Å². The maximum Gasteiger partial charge on any atom is 0.292 e. The van der Waals surface area contributed by atoms with Crippen LogP contribution in [0.25, 0.3) is 0 Å². The van der Waals surface area contributed by atoms with E-state index in [-0.39, 0.29) is 23.0 Å². The first kappa shape index (κ1) is 20.6. The molecule has 31 heavy (non-hydrogen) atoms. The lowest BCUT2D eigenvalue weighted by Crippen LogP contribution is -2.54. The lowest BCUT2D eigenvalue weighted by Gasteiger charge is -2.54. The van der Waals surface area contributed by atoms with E-state index in [1.54, 1.807) is 6.07 Å². The number of benzene rings is 1. The van der Waals surface area contributed by atoms with Gasteiger partial charge in [-0.3, -0.25) is 4.79 Å². The van der Waals surface area contributed by atoms with Gasteiger partial charge >= 0.3 is 0 Å². The highest BCUT2D eigenvalue weighted by Gasteiger charge is 2.53. The molecule has 3 aliphatic heterocycles. The van der Waals surface area contributed by atoms with Crippen molar-refractivity contribution in [2.24, 2.45) is 11.3 Å². The number of likely N-dealkylation sites (tertiary alicyclic amines) is 1. The molecule has 0 bridgehead atoms. The third-order valence-electron chi connectivity index (χ3n) is 7.57. The summed E-state index contributed by atoms with van der Waals surface area (Å²) in [5.74, 6) is 1.55. The lowest BCUT2D eigenvalue weighted by atomic mass is 9.64. The second kappa shape index (κ2) is 7.37. The summed E-state index contributed by atoms with van der Waals surface area (Å²) in [6.45, 7) is 10.7. The fourth-order valence-electron chi connectivity index (χ4n) is 5.52. The first-order valence-electron chi connectivity index (χ1n) is 11.5. The maximum absolute atomic E-state index is 12.8. The second-order valence-corrected chi connectivity index (χ2v) is 10.1. The molecule has 6 nitrogen and oxygen atoms in total. The highest BCUT2D eigenvalue weighted by Crippen LogP contribution is 2.55. The number of rotatable bonds is 2. The first-order valence-corrected chi connectivity index (χ1v) is 11.5. The van der Waals surface area contributed by atoms with Crippen LogP contribution in [-0.4, -0.2) is 41.3 Å². The van der Waals surface area contributed by atoms with Gasteiger partial charge in [0.25, 0.3) is 5.91 Å². The number of aryl methyl sites for hydroxylation is 2. The molecule has 0 saturated carbocycles. The van der Waals surface area contributed by atoms with Crippen molar-refractivity contribution in [1.29, 1.82) is 0 Å². The zero-order chi connectivity index (χ0) is 21.8. The quantitative estimate of drug-likeness (QED) is 0.698. The van der Waals surface area contributed by atoms with Crippen LogP contribution in [0.1, 0.15) is 73.5 Å². The fraction of sp³-hybridized carbons (Fsp3) is 0.600. The van der Waals surface area contributed by atoms with Gasteiger partial charge in [0.1, 0.15) is 11.4 Å². The third-order valence-corrected chi connectivity index (χ3v) is 7.57. The van der Waals surface area contributed by atoms with Crippen molar-refractivity contribution in [1.82, 2.24) is 10.1 Å².